The maximum atomic E-state index is 12.6. The molecule has 1 aliphatic heterocycles. The lowest BCUT2D eigenvalue weighted by Crippen LogP contribution is -2.32. The fraction of sp³-hybridized carbons (Fsp3) is 0.212. The van der Waals surface area contributed by atoms with Crippen LogP contribution in [0.4, 0.5) is 0 Å². The monoisotopic (exact) mass is 517 g/mol. The summed E-state index contributed by atoms with van der Waals surface area (Å²) in [5.41, 5.74) is 2.19. The zero-order valence-corrected chi connectivity index (χ0v) is 21.4. The van der Waals surface area contributed by atoms with Gasteiger partial charge >= 0.3 is 11.3 Å². The fourth-order valence-electron chi connectivity index (χ4n) is 6.03. The maximum absolute atomic E-state index is 12.6. The van der Waals surface area contributed by atoms with Gasteiger partial charge in [-0.15, -0.1) is 0 Å². The van der Waals surface area contributed by atoms with Crippen molar-refractivity contribution < 1.29 is 13.6 Å². The second-order valence-corrected chi connectivity index (χ2v) is 10.3. The summed E-state index contributed by atoms with van der Waals surface area (Å²) in [6.07, 6.45) is 2.11. The molecule has 7 rings (SSSR count). The van der Waals surface area contributed by atoms with Gasteiger partial charge in [-0.2, -0.15) is 0 Å². The van der Waals surface area contributed by atoms with Crippen LogP contribution in [0.25, 0.3) is 43.5 Å². The van der Waals surface area contributed by atoms with E-state index in [1.807, 2.05) is 48.5 Å². The average Bonchev–Trinajstić information content (AvgIpc) is 3.45. The molecule has 39 heavy (non-hydrogen) atoms. The Morgan fingerprint density at radius 1 is 0.692 bits per heavy atom. The quantitative estimate of drug-likeness (QED) is 0.188. The lowest BCUT2D eigenvalue weighted by atomic mass is 10.00. The van der Waals surface area contributed by atoms with Crippen LogP contribution in [0.5, 0.6) is 0 Å². The minimum absolute atomic E-state index is 0.0938. The number of fused-ring (bicyclic) bond motifs is 6. The van der Waals surface area contributed by atoms with E-state index in [0.717, 1.165) is 62.9 Å². The van der Waals surface area contributed by atoms with Crippen LogP contribution in [0, 0.1) is 0 Å². The van der Waals surface area contributed by atoms with Gasteiger partial charge in [-0.1, -0.05) is 60.7 Å². The molecule has 0 spiro atoms. The number of benzene rings is 4. The Balaban J connectivity index is 1.37. The largest absolute Gasteiger partial charge is 0.423 e. The highest BCUT2D eigenvalue weighted by atomic mass is 16.5. The van der Waals surface area contributed by atoms with Crippen LogP contribution in [0.3, 0.4) is 0 Å². The predicted molar refractivity (Wildman–Crippen MR) is 153 cm³/mol. The number of hydrogen-bond acceptors (Lipinski definition) is 6. The first kappa shape index (κ1) is 23.8. The molecule has 1 fully saturated rings. The van der Waals surface area contributed by atoms with Crippen LogP contribution in [-0.2, 0) is 17.8 Å². The summed E-state index contributed by atoms with van der Waals surface area (Å²) in [5.74, 6) is 0. The van der Waals surface area contributed by atoms with E-state index < -0.39 is 0 Å². The number of rotatable bonds is 6. The lowest BCUT2D eigenvalue weighted by Gasteiger charge is -2.26. The van der Waals surface area contributed by atoms with E-state index in [0.29, 0.717) is 30.8 Å². The van der Waals surface area contributed by atoms with Crippen molar-refractivity contribution in [3.8, 4) is 0 Å². The van der Waals surface area contributed by atoms with Crippen LogP contribution < -0.4 is 11.3 Å². The number of ether oxygens (including phenoxy) is 1. The van der Waals surface area contributed by atoms with Gasteiger partial charge in [0.05, 0.1) is 6.10 Å². The summed E-state index contributed by atoms with van der Waals surface area (Å²) < 4.78 is 17.2. The van der Waals surface area contributed by atoms with Crippen molar-refractivity contribution in [2.45, 2.75) is 32.0 Å². The van der Waals surface area contributed by atoms with E-state index in [1.54, 1.807) is 12.1 Å². The standard InChI is InChI=1S/C33H27NO5/c35-30-16-23(32-26-9-3-1-6-21(26)11-13-28(32)38-30)18-34(20-25-8-5-15-37-25)19-24-17-31(36)39-29-14-12-22-7-2-4-10-27(22)33(24)29/h1-4,6-7,9-14,16-17,25H,5,8,15,18-20H2/t25-/m1/s1. The molecule has 0 radical (unpaired) electrons. The lowest BCUT2D eigenvalue weighted by molar-refractivity contribution is 0.0681. The summed E-state index contributed by atoms with van der Waals surface area (Å²) in [5, 5.41) is 6.14. The molecule has 2 aromatic heterocycles. The van der Waals surface area contributed by atoms with Crippen molar-refractivity contribution in [3.05, 3.63) is 117 Å². The highest BCUT2D eigenvalue weighted by Crippen LogP contribution is 2.31. The third-order valence-corrected chi connectivity index (χ3v) is 7.70. The van der Waals surface area contributed by atoms with E-state index in [1.165, 1.54) is 0 Å². The molecule has 3 heterocycles. The van der Waals surface area contributed by atoms with Crippen molar-refractivity contribution in [1.82, 2.24) is 4.90 Å². The van der Waals surface area contributed by atoms with Crippen LogP contribution in [-0.4, -0.2) is 24.2 Å². The van der Waals surface area contributed by atoms with Crippen molar-refractivity contribution in [1.29, 1.82) is 0 Å². The third kappa shape index (κ3) is 4.52. The SMILES string of the molecule is O=c1cc(CN(Cc2cc(=O)oc3ccc4ccccc4c23)C[C@H]2CCCO2)c2c(ccc3ccccc32)o1. The molecule has 0 saturated carbocycles. The normalized spacial score (nSPS) is 15.8. The molecule has 4 aromatic carbocycles. The molecule has 0 unspecified atom stereocenters. The van der Waals surface area contributed by atoms with Crippen molar-refractivity contribution in [2.24, 2.45) is 0 Å². The number of nitrogens with zero attached hydrogens (tertiary/aromatic N) is 1. The molecule has 1 saturated heterocycles. The summed E-state index contributed by atoms with van der Waals surface area (Å²) in [6, 6.07) is 27.2. The topological polar surface area (TPSA) is 72.9 Å². The first-order valence-corrected chi connectivity index (χ1v) is 13.4. The van der Waals surface area contributed by atoms with Gasteiger partial charge in [0.15, 0.2) is 0 Å². The highest BCUT2D eigenvalue weighted by molar-refractivity contribution is 6.08. The Hall–Kier alpha value is -4.26. The molecule has 6 heteroatoms. The molecule has 1 aliphatic rings. The van der Waals surface area contributed by atoms with Gasteiger partial charge in [0, 0.05) is 49.1 Å². The van der Waals surface area contributed by atoms with E-state index in [-0.39, 0.29) is 17.4 Å². The molecule has 0 N–H and O–H groups in total. The third-order valence-electron chi connectivity index (χ3n) is 7.70. The van der Waals surface area contributed by atoms with Gasteiger partial charge in [-0.3, -0.25) is 4.90 Å². The predicted octanol–water partition coefficient (Wildman–Crippen LogP) is 6.39. The fourth-order valence-corrected chi connectivity index (χ4v) is 6.03. The smallest absolute Gasteiger partial charge is 0.336 e. The van der Waals surface area contributed by atoms with Crippen molar-refractivity contribution >= 4 is 43.5 Å². The Labute approximate surface area is 224 Å². The summed E-state index contributed by atoms with van der Waals surface area (Å²) in [6.45, 7) is 2.44. The van der Waals surface area contributed by atoms with Gasteiger partial charge in [0.2, 0.25) is 0 Å². The molecule has 0 aliphatic carbocycles. The van der Waals surface area contributed by atoms with E-state index in [2.05, 4.69) is 29.2 Å². The minimum atomic E-state index is -0.373. The molecule has 0 bridgehead atoms. The molecular formula is C33H27NO5. The Morgan fingerprint density at radius 3 is 1.74 bits per heavy atom. The van der Waals surface area contributed by atoms with Crippen LogP contribution in [0.1, 0.15) is 24.0 Å². The summed E-state index contributed by atoms with van der Waals surface area (Å²) in [7, 11) is 0. The van der Waals surface area contributed by atoms with E-state index >= 15 is 0 Å². The first-order valence-electron chi connectivity index (χ1n) is 13.4. The Morgan fingerprint density at radius 2 is 1.23 bits per heavy atom. The molecule has 6 aromatic rings. The first-order chi connectivity index (χ1) is 19.1. The van der Waals surface area contributed by atoms with E-state index in [4.69, 9.17) is 13.6 Å². The summed E-state index contributed by atoms with van der Waals surface area (Å²) >= 11 is 0. The van der Waals surface area contributed by atoms with Crippen LogP contribution in [0.15, 0.2) is 103 Å². The van der Waals surface area contributed by atoms with Crippen molar-refractivity contribution in [2.75, 3.05) is 13.2 Å². The van der Waals surface area contributed by atoms with Gasteiger partial charge < -0.3 is 13.6 Å². The Bertz CT molecular complexity index is 1830. The number of hydrogen-bond donors (Lipinski definition) is 0. The summed E-state index contributed by atoms with van der Waals surface area (Å²) in [4.78, 5) is 27.5. The van der Waals surface area contributed by atoms with Gasteiger partial charge in [0.25, 0.3) is 0 Å². The molecule has 194 valence electrons. The van der Waals surface area contributed by atoms with Gasteiger partial charge in [-0.25, -0.2) is 9.59 Å². The molecule has 1 atom stereocenters. The second kappa shape index (κ2) is 9.80. The van der Waals surface area contributed by atoms with Gasteiger partial charge in [-0.05, 0) is 57.6 Å². The van der Waals surface area contributed by atoms with Crippen LogP contribution in [0.2, 0.25) is 0 Å². The van der Waals surface area contributed by atoms with E-state index in [9.17, 15) is 9.59 Å². The minimum Gasteiger partial charge on any atom is -0.423 e. The molecule has 0 amide bonds. The van der Waals surface area contributed by atoms with Gasteiger partial charge in [0.1, 0.15) is 11.2 Å². The Kier molecular flexibility index (Phi) is 5.99. The van der Waals surface area contributed by atoms with Crippen LogP contribution >= 0.6 is 0 Å². The maximum Gasteiger partial charge on any atom is 0.336 e. The zero-order chi connectivity index (χ0) is 26.3. The molecular weight excluding hydrogens is 490 g/mol. The molecule has 6 nitrogen and oxygen atoms in total. The highest BCUT2D eigenvalue weighted by Gasteiger charge is 2.22. The zero-order valence-electron chi connectivity index (χ0n) is 21.4. The second-order valence-electron chi connectivity index (χ2n) is 10.3. The average molecular weight is 518 g/mol. The van der Waals surface area contributed by atoms with Crippen molar-refractivity contribution in [3.63, 3.8) is 0 Å².